The average molecular weight is 598 g/mol. The third kappa shape index (κ3) is 6.42. The van der Waals surface area contributed by atoms with Gasteiger partial charge < -0.3 is 9.26 Å². The normalized spacial score (nSPS) is 13.5. The highest BCUT2D eigenvalue weighted by atomic mass is 32.2. The minimum atomic E-state index is -5.91. The van der Waals surface area contributed by atoms with Crippen molar-refractivity contribution in [1.29, 1.82) is 0 Å². The maximum atomic E-state index is 13.3. The van der Waals surface area contributed by atoms with Crippen LogP contribution in [0.25, 0.3) is 22.7 Å². The quantitative estimate of drug-likeness (QED) is 0.278. The van der Waals surface area contributed by atoms with Crippen LogP contribution in [0.5, 0.6) is 5.75 Å². The van der Waals surface area contributed by atoms with E-state index in [0.717, 1.165) is 19.1 Å². The Labute approximate surface area is 211 Å². The van der Waals surface area contributed by atoms with Crippen LogP contribution in [0.15, 0.2) is 45.9 Å². The molecule has 0 spiro atoms. The van der Waals surface area contributed by atoms with E-state index in [0.29, 0.717) is 6.20 Å². The first-order chi connectivity index (χ1) is 17.7. The summed E-state index contributed by atoms with van der Waals surface area (Å²) in [5.41, 5.74) is -5.79. The molecule has 0 aliphatic rings. The van der Waals surface area contributed by atoms with E-state index in [9.17, 15) is 56.7 Å². The number of pyridine rings is 1. The van der Waals surface area contributed by atoms with Crippen molar-refractivity contribution in [3.8, 4) is 28.5 Å². The molecule has 0 unspecified atom stereocenters. The summed E-state index contributed by atoms with van der Waals surface area (Å²) in [7, 11) is -4.48. The molecule has 18 heteroatoms. The molecule has 1 aromatic carbocycles. The van der Waals surface area contributed by atoms with Gasteiger partial charge in [-0.3, -0.25) is 0 Å². The fourth-order valence-corrected chi connectivity index (χ4v) is 4.17. The summed E-state index contributed by atoms with van der Waals surface area (Å²) in [6, 6.07) is 1.92. The summed E-state index contributed by atoms with van der Waals surface area (Å²) >= 11 is 0. The number of benzene rings is 1. The first-order valence-electron chi connectivity index (χ1n) is 10.2. The molecule has 0 aliphatic carbocycles. The molecule has 0 N–H and O–H groups in total. The monoisotopic (exact) mass is 598 g/mol. The lowest BCUT2D eigenvalue weighted by molar-refractivity contribution is -0.290. The van der Waals surface area contributed by atoms with Crippen LogP contribution in [0.3, 0.4) is 0 Å². The van der Waals surface area contributed by atoms with Gasteiger partial charge in [0, 0.05) is 5.56 Å². The lowest BCUT2D eigenvalue weighted by Crippen LogP contribution is -2.41. The van der Waals surface area contributed by atoms with Crippen molar-refractivity contribution in [1.82, 2.24) is 10.1 Å². The molecule has 0 amide bonds. The van der Waals surface area contributed by atoms with Crippen LogP contribution in [-0.4, -0.2) is 43.0 Å². The zero-order valence-electron chi connectivity index (χ0n) is 19.0. The SMILES string of the molecule is CCS(=O)(=O)c1c(-c2cc(C(F)(F)F)cc(C(F)(F)F)c2)noc1-c1ccc(OCC(F)(F)C(F)(F)F)cn1. The largest absolute Gasteiger partial charge is 0.485 e. The number of sulfone groups is 1. The Morgan fingerprint density at radius 2 is 1.44 bits per heavy atom. The highest BCUT2D eigenvalue weighted by Crippen LogP contribution is 2.42. The topological polar surface area (TPSA) is 82.3 Å². The second-order valence-electron chi connectivity index (χ2n) is 7.76. The number of alkyl halides is 11. The maximum Gasteiger partial charge on any atom is 0.456 e. The molecule has 0 saturated heterocycles. The van der Waals surface area contributed by atoms with E-state index in [1.54, 1.807) is 0 Å². The Morgan fingerprint density at radius 3 is 1.87 bits per heavy atom. The minimum absolute atomic E-state index is 0.179. The molecule has 39 heavy (non-hydrogen) atoms. The molecule has 0 saturated carbocycles. The highest BCUT2D eigenvalue weighted by Gasteiger charge is 2.58. The van der Waals surface area contributed by atoms with Crippen LogP contribution in [0.1, 0.15) is 18.1 Å². The van der Waals surface area contributed by atoms with Crippen LogP contribution in [0, 0.1) is 0 Å². The predicted octanol–water partition coefficient (Wildman–Crippen LogP) is 6.81. The zero-order chi connectivity index (χ0) is 29.6. The average Bonchev–Trinajstić information content (AvgIpc) is 3.27. The second-order valence-corrected chi connectivity index (χ2v) is 9.97. The van der Waals surface area contributed by atoms with Crippen LogP contribution < -0.4 is 4.74 Å². The van der Waals surface area contributed by atoms with Crippen molar-refractivity contribution >= 4 is 9.84 Å². The van der Waals surface area contributed by atoms with E-state index < -0.39 is 91.1 Å². The molecule has 2 aromatic heterocycles. The molecular formula is C21H13F11N2O4S. The van der Waals surface area contributed by atoms with Gasteiger partial charge in [0.25, 0.3) is 0 Å². The van der Waals surface area contributed by atoms with Crippen molar-refractivity contribution in [2.24, 2.45) is 0 Å². The highest BCUT2D eigenvalue weighted by molar-refractivity contribution is 7.91. The fraction of sp³-hybridized carbons (Fsp3) is 0.333. The summed E-state index contributed by atoms with van der Waals surface area (Å²) in [6.45, 7) is -1.01. The number of hydrogen-bond acceptors (Lipinski definition) is 6. The van der Waals surface area contributed by atoms with Gasteiger partial charge in [0.2, 0.25) is 5.76 Å². The Kier molecular flexibility index (Phi) is 7.68. The lowest BCUT2D eigenvalue weighted by atomic mass is 10.0. The number of nitrogens with zero attached hydrogens (tertiary/aromatic N) is 2. The van der Waals surface area contributed by atoms with Crippen molar-refractivity contribution < 1.29 is 66.0 Å². The smallest absolute Gasteiger partial charge is 0.456 e. The number of halogens is 11. The Hall–Kier alpha value is -3.44. The van der Waals surface area contributed by atoms with Gasteiger partial charge >= 0.3 is 24.5 Å². The fourth-order valence-electron chi connectivity index (χ4n) is 3.01. The van der Waals surface area contributed by atoms with Crippen molar-refractivity contribution in [2.45, 2.75) is 36.3 Å². The summed E-state index contributed by atoms with van der Waals surface area (Å²) in [5, 5.41) is 3.36. The molecular weight excluding hydrogens is 585 g/mol. The third-order valence-corrected chi connectivity index (χ3v) is 6.77. The molecule has 3 rings (SSSR count). The van der Waals surface area contributed by atoms with Gasteiger partial charge in [0.05, 0.1) is 23.1 Å². The molecule has 0 fully saturated rings. The van der Waals surface area contributed by atoms with Crippen LogP contribution in [0.4, 0.5) is 48.3 Å². The minimum Gasteiger partial charge on any atom is -0.485 e. The number of ether oxygens (including phenoxy) is 1. The van der Waals surface area contributed by atoms with E-state index in [4.69, 9.17) is 4.52 Å². The van der Waals surface area contributed by atoms with Crippen LogP contribution in [-0.2, 0) is 22.2 Å². The van der Waals surface area contributed by atoms with Gasteiger partial charge in [-0.05, 0) is 30.3 Å². The number of hydrogen-bond donors (Lipinski definition) is 0. The Balaban J connectivity index is 2.11. The number of aromatic nitrogens is 2. The van der Waals surface area contributed by atoms with E-state index in [-0.39, 0.29) is 18.2 Å². The van der Waals surface area contributed by atoms with Crippen molar-refractivity contribution in [3.05, 3.63) is 47.7 Å². The van der Waals surface area contributed by atoms with Gasteiger partial charge in [0.15, 0.2) is 16.4 Å². The summed E-state index contributed by atoms with van der Waals surface area (Å²) < 4.78 is 178. The molecule has 0 atom stereocenters. The van der Waals surface area contributed by atoms with E-state index >= 15 is 0 Å². The third-order valence-electron chi connectivity index (χ3n) is 5.01. The van der Waals surface area contributed by atoms with Crippen molar-refractivity contribution in [3.63, 3.8) is 0 Å². The number of rotatable bonds is 7. The molecule has 2 heterocycles. The predicted molar refractivity (Wildman–Crippen MR) is 109 cm³/mol. The first-order valence-corrected chi connectivity index (χ1v) is 11.9. The van der Waals surface area contributed by atoms with Gasteiger partial charge in [-0.25, -0.2) is 13.4 Å². The molecule has 214 valence electrons. The summed E-state index contributed by atoms with van der Waals surface area (Å²) in [6.07, 6.45) is -15.8. The molecule has 3 aromatic rings. The van der Waals surface area contributed by atoms with E-state index in [1.807, 2.05) is 0 Å². The van der Waals surface area contributed by atoms with Gasteiger partial charge in [0.1, 0.15) is 22.0 Å². The van der Waals surface area contributed by atoms with Gasteiger partial charge in [-0.15, -0.1) is 0 Å². The molecule has 0 aliphatic heterocycles. The van der Waals surface area contributed by atoms with Crippen molar-refractivity contribution in [2.75, 3.05) is 12.4 Å². The summed E-state index contributed by atoms with van der Waals surface area (Å²) in [5.74, 6) is -7.29. The van der Waals surface area contributed by atoms with Gasteiger partial charge in [-0.2, -0.15) is 48.3 Å². The zero-order valence-corrected chi connectivity index (χ0v) is 19.8. The Bertz CT molecular complexity index is 1410. The van der Waals surface area contributed by atoms with E-state index in [2.05, 4.69) is 14.9 Å². The van der Waals surface area contributed by atoms with E-state index in [1.165, 1.54) is 0 Å². The molecule has 0 radical (unpaired) electrons. The van der Waals surface area contributed by atoms with Crippen LogP contribution >= 0.6 is 0 Å². The Morgan fingerprint density at radius 1 is 0.872 bits per heavy atom. The maximum absolute atomic E-state index is 13.3. The first kappa shape index (κ1) is 30.1. The second kappa shape index (κ2) is 9.95. The van der Waals surface area contributed by atoms with Crippen LogP contribution in [0.2, 0.25) is 0 Å². The molecule has 0 bridgehead atoms. The summed E-state index contributed by atoms with van der Waals surface area (Å²) in [4.78, 5) is 2.70. The van der Waals surface area contributed by atoms with Gasteiger partial charge in [-0.1, -0.05) is 12.1 Å². The standard InChI is InChI=1S/C21H13F11N2O4S/c1-2-39(35,36)17-15(10-5-11(19(24,25)26)7-12(6-10)20(27,28)29)34-38-16(17)14-4-3-13(8-33-14)37-9-18(22,23)21(30,31)32/h3-8H,2,9H2,1H3. The molecule has 6 nitrogen and oxygen atoms in total. The lowest BCUT2D eigenvalue weighted by Gasteiger charge is -2.19.